The predicted molar refractivity (Wildman–Crippen MR) is 116 cm³/mol. The number of hydrogen-bond acceptors (Lipinski definition) is 7. The number of carbonyl (C=O) groups is 1. The van der Waals surface area contributed by atoms with E-state index in [0.29, 0.717) is 41.7 Å². The number of anilines is 1. The molecule has 0 aliphatic carbocycles. The average molecular weight is 430 g/mol. The van der Waals surface area contributed by atoms with Gasteiger partial charge in [-0.05, 0) is 41.3 Å². The van der Waals surface area contributed by atoms with Crippen molar-refractivity contribution in [1.82, 2.24) is 10.1 Å². The molecule has 0 atom stereocenters. The van der Waals surface area contributed by atoms with Crippen LogP contribution in [0.5, 0.6) is 5.75 Å². The van der Waals surface area contributed by atoms with Crippen molar-refractivity contribution in [3.63, 3.8) is 0 Å². The molecule has 2 aromatic carbocycles. The summed E-state index contributed by atoms with van der Waals surface area (Å²) in [5, 5.41) is 19.7. The predicted octanol–water partition coefficient (Wildman–Crippen LogP) is 4.82. The molecule has 1 N–H and O–H groups in total. The zero-order valence-corrected chi connectivity index (χ0v) is 17.3. The normalized spacial score (nSPS) is 10.4. The fourth-order valence-electron chi connectivity index (χ4n) is 2.87. The first kappa shape index (κ1) is 20.3. The largest absolute Gasteiger partial charge is 0.489 e. The Morgan fingerprint density at radius 2 is 2.10 bits per heavy atom. The number of nitrogens with zero attached hydrogens (tertiary/aromatic N) is 3. The molecule has 2 aromatic heterocycles. The minimum absolute atomic E-state index is 0.158. The number of aryl methyl sites for hydroxylation is 1. The molecule has 0 aliphatic rings. The molecule has 0 fully saturated rings. The second kappa shape index (κ2) is 9.69. The number of aromatic nitrogens is 2. The molecule has 2 heterocycles. The first-order chi connectivity index (χ1) is 15.2. The van der Waals surface area contributed by atoms with E-state index in [1.165, 1.54) is 0 Å². The van der Waals surface area contributed by atoms with E-state index in [9.17, 15) is 4.79 Å². The molecule has 1 amide bonds. The molecule has 0 unspecified atom stereocenters. The van der Waals surface area contributed by atoms with Crippen LogP contribution >= 0.6 is 11.3 Å². The zero-order valence-electron chi connectivity index (χ0n) is 16.4. The lowest BCUT2D eigenvalue weighted by atomic mass is 10.1. The summed E-state index contributed by atoms with van der Waals surface area (Å²) in [6.07, 6.45) is 0.575. The number of ether oxygens (including phenoxy) is 1. The maximum absolute atomic E-state index is 12.3. The first-order valence-electron chi connectivity index (χ1n) is 9.56. The molecule has 7 nitrogen and oxygen atoms in total. The van der Waals surface area contributed by atoms with Crippen molar-refractivity contribution in [2.75, 3.05) is 5.32 Å². The van der Waals surface area contributed by atoms with Gasteiger partial charge < -0.3 is 14.6 Å². The van der Waals surface area contributed by atoms with Crippen LogP contribution in [0.25, 0.3) is 11.4 Å². The number of benzene rings is 2. The van der Waals surface area contributed by atoms with Crippen molar-refractivity contribution in [1.29, 1.82) is 5.26 Å². The highest BCUT2D eigenvalue weighted by Gasteiger charge is 2.11. The van der Waals surface area contributed by atoms with E-state index in [2.05, 4.69) is 21.5 Å². The quantitative estimate of drug-likeness (QED) is 0.430. The summed E-state index contributed by atoms with van der Waals surface area (Å²) < 4.78 is 11.0. The highest BCUT2D eigenvalue weighted by Crippen LogP contribution is 2.21. The number of rotatable bonds is 8. The molecule has 4 rings (SSSR count). The van der Waals surface area contributed by atoms with Gasteiger partial charge in [-0.1, -0.05) is 23.4 Å². The van der Waals surface area contributed by atoms with Crippen LogP contribution in [0.4, 0.5) is 5.69 Å². The summed E-state index contributed by atoms with van der Waals surface area (Å²) in [6.45, 7) is 0.330. The molecule has 0 bridgehead atoms. The number of nitrogens with one attached hydrogen (secondary N) is 1. The summed E-state index contributed by atoms with van der Waals surface area (Å²) in [6, 6.07) is 18.4. The topological polar surface area (TPSA) is 101 Å². The summed E-state index contributed by atoms with van der Waals surface area (Å²) in [4.78, 5) is 16.6. The Bertz CT molecular complexity index is 1210. The Labute approximate surface area is 182 Å². The van der Waals surface area contributed by atoms with Gasteiger partial charge in [0.05, 0.1) is 11.6 Å². The Hall–Kier alpha value is -3.96. The van der Waals surface area contributed by atoms with Crippen LogP contribution in [0.2, 0.25) is 0 Å². The monoisotopic (exact) mass is 430 g/mol. The van der Waals surface area contributed by atoms with Gasteiger partial charge >= 0.3 is 0 Å². The van der Waals surface area contributed by atoms with Gasteiger partial charge in [0.1, 0.15) is 12.4 Å². The minimum Gasteiger partial charge on any atom is -0.489 e. The molecule has 0 saturated carbocycles. The van der Waals surface area contributed by atoms with Gasteiger partial charge in [-0.25, -0.2) is 0 Å². The Balaban J connectivity index is 1.29. The van der Waals surface area contributed by atoms with Gasteiger partial charge in [0, 0.05) is 35.5 Å². The SMILES string of the molecule is N#Cc1cccc(COc2cccc(NC(=O)CCc3nc(-c4ccsc4)no3)c2)c1. The van der Waals surface area contributed by atoms with Gasteiger partial charge in [-0.2, -0.15) is 21.6 Å². The van der Waals surface area contributed by atoms with Crippen LogP contribution in [0, 0.1) is 11.3 Å². The third kappa shape index (κ3) is 5.56. The van der Waals surface area contributed by atoms with Crippen LogP contribution in [-0.2, 0) is 17.8 Å². The molecule has 0 aliphatic heterocycles. The summed E-state index contributed by atoms with van der Waals surface area (Å²) in [5.74, 6) is 1.42. The van der Waals surface area contributed by atoms with Crippen LogP contribution in [-0.4, -0.2) is 16.0 Å². The van der Waals surface area contributed by atoms with Crippen LogP contribution in [0.1, 0.15) is 23.4 Å². The van der Waals surface area contributed by atoms with E-state index in [1.54, 1.807) is 35.6 Å². The number of hydrogen-bond donors (Lipinski definition) is 1. The van der Waals surface area contributed by atoms with Crippen LogP contribution in [0.3, 0.4) is 0 Å². The molecule has 8 heteroatoms. The fraction of sp³-hybridized carbons (Fsp3) is 0.130. The lowest BCUT2D eigenvalue weighted by Gasteiger charge is -2.09. The van der Waals surface area contributed by atoms with Gasteiger partial charge in [0.15, 0.2) is 0 Å². The molecular weight excluding hydrogens is 412 g/mol. The van der Waals surface area contributed by atoms with Crippen molar-refractivity contribution < 1.29 is 14.1 Å². The van der Waals surface area contributed by atoms with E-state index in [-0.39, 0.29) is 12.3 Å². The molecule has 4 aromatic rings. The minimum atomic E-state index is -0.158. The Kier molecular flexibility index (Phi) is 6.35. The van der Waals surface area contributed by atoms with Crippen molar-refractivity contribution in [2.45, 2.75) is 19.4 Å². The third-order valence-electron chi connectivity index (χ3n) is 4.39. The zero-order chi connectivity index (χ0) is 21.5. The van der Waals surface area contributed by atoms with E-state index < -0.39 is 0 Å². The number of thiophene rings is 1. The van der Waals surface area contributed by atoms with Gasteiger partial charge in [-0.15, -0.1) is 0 Å². The van der Waals surface area contributed by atoms with Gasteiger partial charge in [-0.3, -0.25) is 4.79 Å². The molecule has 154 valence electrons. The lowest BCUT2D eigenvalue weighted by Crippen LogP contribution is -2.12. The first-order valence-corrected chi connectivity index (χ1v) is 10.5. The second-order valence-corrected chi connectivity index (χ2v) is 7.48. The van der Waals surface area contributed by atoms with Crippen molar-refractivity contribution in [2.24, 2.45) is 0 Å². The van der Waals surface area contributed by atoms with Crippen LogP contribution < -0.4 is 10.1 Å². The van der Waals surface area contributed by atoms with Crippen molar-refractivity contribution in [3.05, 3.63) is 82.4 Å². The number of carbonyl (C=O) groups excluding carboxylic acids is 1. The highest BCUT2D eigenvalue weighted by atomic mass is 32.1. The van der Waals surface area contributed by atoms with E-state index in [4.69, 9.17) is 14.5 Å². The second-order valence-electron chi connectivity index (χ2n) is 6.70. The molecule has 0 radical (unpaired) electrons. The summed E-state index contributed by atoms with van der Waals surface area (Å²) in [5.41, 5.74) is 3.03. The average Bonchev–Trinajstić information content (AvgIpc) is 3.49. The standard InChI is InChI=1S/C23H18N4O3S/c24-13-16-3-1-4-17(11-16)14-29-20-6-2-5-19(12-20)25-21(28)7-8-22-26-23(27-30-22)18-9-10-31-15-18/h1-6,9-12,15H,7-8,14H2,(H,25,28). The Morgan fingerprint density at radius 1 is 1.19 bits per heavy atom. The highest BCUT2D eigenvalue weighted by molar-refractivity contribution is 7.08. The maximum Gasteiger partial charge on any atom is 0.227 e. The maximum atomic E-state index is 12.3. The molecule has 0 spiro atoms. The Morgan fingerprint density at radius 3 is 2.94 bits per heavy atom. The van der Waals surface area contributed by atoms with Crippen molar-refractivity contribution >= 4 is 22.9 Å². The van der Waals surface area contributed by atoms with E-state index >= 15 is 0 Å². The number of amides is 1. The number of nitriles is 1. The lowest BCUT2D eigenvalue weighted by molar-refractivity contribution is -0.116. The molecule has 31 heavy (non-hydrogen) atoms. The fourth-order valence-corrected chi connectivity index (χ4v) is 3.50. The van der Waals surface area contributed by atoms with E-state index in [1.807, 2.05) is 41.1 Å². The third-order valence-corrected chi connectivity index (χ3v) is 5.08. The van der Waals surface area contributed by atoms with Gasteiger partial charge in [0.2, 0.25) is 17.6 Å². The summed E-state index contributed by atoms with van der Waals surface area (Å²) in [7, 11) is 0. The smallest absolute Gasteiger partial charge is 0.227 e. The van der Waals surface area contributed by atoms with Crippen molar-refractivity contribution in [3.8, 4) is 23.2 Å². The summed E-state index contributed by atoms with van der Waals surface area (Å²) >= 11 is 1.56. The molecule has 0 saturated heterocycles. The van der Waals surface area contributed by atoms with E-state index in [0.717, 1.165) is 11.1 Å². The van der Waals surface area contributed by atoms with Gasteiger partial charge in [0.25, 0.3) is 0 Å². The molecular formula is C23H18N4O3S. The van der Waals surface area contributed by atoms with Crippen LogP contribution in [0.15, 0.2) is 69.9 Å².